The summed E-state index contributed by atoms with van der Waals surface area (Å²) in [6.07, 6.45) is 2.97. The molecule has 14 nitrogen and oxygen atoms in total. The van der Waals surface area contributed by atoms with Crippen molar-refractivity contribution in [3.05, 3.63) is 143 Å². The van der Waals surface area contributed by atoms with E-state index in [0.717, 1.165) is 29.6 Å². The first-order valence-electron chi connectivity index (χ1n) is 17.9. The van der Waals surface area contributed by atoms with Crippen LogP contribution in [0, 0.1) is 51.6 Å². The molecule has 0 aliphatic rings. The van der Waals surface area contributed by atoms with Crippen LogP contribution >= 0.6 is 12.4 Å². The van der Waals surface area contributed by atoms with E-state index in [4.69, 9.17) is 0 Å². The number of amides is 1. The molecule has 0 bridgehead atoms. The summed E-state index contributed by atoms with van der Waals surface area (Å²) in [6, 6.07) is 19.6. The van der Waals surface area contributed by atoms with E-state index in [9.17, 15) is 50.4 Å². The number of carbonyl (C=O) groups is 1. The zero-order chi connectivity index (χ0) is 44.9. The van der Waals surface area contributed by atoms with Gasteiger partial charge < -0.3 is 15.3 Å². The van der Waals surface area contributed by atoms with Crippen LogP contribution in [-0.2, 0) is 33.1 Å². The number of hydrogen-bond donors (Lipinski definition) is 2. The van der Waals surface area contributed by atoms with Crippen LogP contribution in [0.5, 0.6) is 0 Å². The Labute approximate surface area is 360 Å². The Balaban J connectivity index is 0.000000275. The van der Waals surface area contributed by atoms with Gasteiger partial charge in [0.1, 0.15) is 33.3 Å². The van der Waals surface area contributed by atoms with Crippen molar-refractivity contribution in [3.63, 3.8) is 0 Å². The van der Waals surface area contributed by atoms with Gasteiger partial charge in [-0.25, -0.2) is 48.3 Å². The van der Waals surface area contributed by atoms with Crippen LogP contribution < -0.4 is 5.32 Å². The normalized spacial score (nSPS) is 11.4. The third-order valence-corrected chi connectivity index (χ3v) is 12.2. The zero-order valence-electron chi connectivity index (χ0n) is 33.2. The molecule has 0 atom stereocenters. The van der Waals surface area contributed by atoms with Crippen LogP contribution in [0.1, 0.15) is 43.0 Å². The largest absolute Gasteiger partial charge is 0.465 e. The minimum atomic E-state index is -4.58. The van der Waals surface area contributed by atoms with E-state index < -0.39 is 83.5 Å². The number of hydrogen-bond acceptors (Lipinski definition) is 10. The Morgan fingerprint density at radius 2 is 1.16 bits per heavy atom. The lowest BCUT2D eigenvalue weighted by molar-refractivity contribution is 0.122. The van der Waals surface area contributed by atoms with E-state index in [0.29, 0.717) is 7.94 Å². The molecule has 4 heterocycles. The van der Waals surface area contributed by atoms with Crippen molar-refractivity contribution in [1.29, 1.82) is 10.5 Å². The maximum Gasteiger partial charge on any atom is 0.407 e. The number of aromatic nitrogens is 4. The highest BCUT2D eigenvalue weighted by molar-refractivity contribution is 7.90. The highest BCUT2D eigenvalue weighted by Gasteiger charge is 2.33. The molecule has 62 heavy (non-hydrogen) atoms. The van der Waals surface area contributed by atoms with Crippen LogP contribution in [0.15, 0.2) is 107 Å². The molecule has 0 aliphatic heterocycles. The summed E-state index contributed by atoms with van der Waals surface area (Å²) in [5, 5.41) is 30.9. The van der Waals surface area contributed by atoms with Crippen molar-refractivity contribution >= 4 is 38.5 Å². The Morgan fingerprint density at radius 3 is 1.55 bits per heavy atom. The second-order valence-corrected chi connectivity index (χ2v) is 17.9. The number of benzene rings is 2. The van der Waals surface area contributed by atoms with Gasteiger partial charge in [-0.3, -0.25) is 0 Å². The summed E-state index contributed by atoms with van der Waals surface area (Å²) >= 11 is 0. The van der Waals surface area contributed by atoms with Crippen LogP contribution in [0.2, 0.25) is 0 Å². The standard InChI is InChI=1S/C23H22F2N4O4S.C18H14F2N4O2S.ClH/c1-23(2,3)14-28(22(30)31)12-16-13-29(20(19(16)24)17-8-6-10-27-21(17)25)34(32,33)18-9-5-4-7-15(18)11-26;1-22-10-13-11-24(17(16(13)19)14-6-4-8-23-18(14)20)27(25,26)15-7-3-2-5-12(15)9-21;/h4-10,13H,12,14H2,1-3H3,(H,30,31);2-8,11,22H,10H2,1H3;1H. The van der Waals surface area contributed by atoms with Crippen molar-refractivity contribution in [2.75, 3.05) is 13.6 Å². The van der Waals surface area contributed by atoms with Gasteiger partial charge in [-0.15, -0.1) is 12.4 Å². The van der Waals surface area contributed by atoms with Crippen LogP contribution in [0.3, 0.4) is 0 Å². The number of nitriles is 2. The number of halogens is 5. The van der Waals surface area contributed by atoms with Crippen LogP contribution in [-0.4, -0.2) is 64.4 Å². The molecule has 21 heteroatoms. The molecular formula is C41H37ClF4N8O6S2. The lowest BCUT2D eigenvalue weighted by atomic mass is 9.96. The lowest BCUT2D eigenvalue weighted by Gasteiger charge is -2.27. The van der Waals surface area contributed by atoms with Gasteiger partial charge in [0.2, 0.25) is 11.9 Å². The highest BCUT2D eigenvalue weighted by Crippen LogP contribution is 2.35. The summed E-state index contributed by atoms with van der Waals surface area (Å²) < 4.78 is 114. The maximum atomic E-state index is 15.7. The van der Waals surface area contributed by atoms with Crippen LogP contribution in [0.4, 0.5) is 22.4 Å². The summed E-state index contributed by atoms with van der Waals surface area (Å²) in [6.45, 7) is 4.98. The molecule has 0 unspecified atom stereocenters. The molecule has 0 saturated carbocycles. The summed E-state index contributed by atoms with van der Waals surface area (Å²) in [5.74, 6) is -4.10. The SMILES string of the molecule is CC(C)(C)CN(Cc1cn(S(=O)(=O)c2ccccc2C#N)c(-c2cccnc2F)c1F)C(=O)O.CNCc1cn(S(=O)(=O)c2ccccc2C#N)c(-c2cccnc2F)c1F.Cl. The van der Waals surface area contributed by atoms with Gasteiger partial charge in [0.15, 0.2) is 11.6 Å². The summed E-state index contributed by atoms with van der Waals surface area (Å²) in [4.78, 5) is 19.0. The molecule has 2 aromatic carbocycles. The van der Waals surface area contributed by atoms with E-state index in [1.54, 1.807) is 40.0 Å². The monoisotopic (exact) mass is 912 g/mol. The fourth-order valence-corrected chi connectivity index (χ4v) is 9.25. The molecule has 0 radical (unpaired) electrons. The quantitative estimate of drug-likeness (QED) is 0.0960. The zero-order valence-corrected chi connectivity index (χ0v) is 35.7. The number of nitrogens with zero attached hydrogens (tertiary/aromatic N) is 7. The molecule has 0 saturated heterocycles. The average Bonchev–Trinajstić information content (AvgIpc) is 3.73. The highest BCUT2D eigenvalue weighted by atomic mass is 35.5. The van der Waals surface area contributed by atoms with E-state index in [2.05, 4.69) is 15.3 Å². The first kappa shape index (κ1) is 48.1. The van der Waals surface area contributed by atoms with Gasteiger partial charge in [0.25, 0.3) is 20.0 Å². The Morgan fingerprint density at radius 1 is 0.742 bits per heavy atom. The fraction of sp³-hybridized carbons (Fsp3) is 0.195. The van der Waals surface area contributed by atoms with Gasteiger partial charge in [-0.2, -0.15) is 19.3 Å². The van der Waals surface area contributed by atoms with Crippen molar-refractivity contribution in [3.8, 4) is 34.7 Å². The van der Waals surface area contributed by atoms with Gasteiger partial charge >= 0.3 is 6.09 Å². The summed E-state index contributed by atoms with van der Waals surface area (Å²) in [5.41, 5.74) is -2.83. The van der Waals surface area contributed by atoms with E-state index >= 15 is 4.39 Å². The van der Waals surface area contributed by atoms with Crippen molar-refractivity contribution in [2.24, 2.45) is 5.41 Å². The molecular weight excluding hydrogens is 876 g/mol. The Kier molecular flexibility index (Phi) is 15.1. The molecule has 324 valence electrons. The Hall–Kier alpha value is -6.58. The maximum absolute atomic E-state index is 15.7. The van der Waals surface area contributed by atoms with E-state index in [1.807, 2.05) is 0 Å². The molecule has 0 spiro atoms. The molecule has 6 rings (SSSR count). The van der Waals surface area contributed by atoms with Gasteiger partial charge in [-0.05, 0) is 61.0 Å². The molecule has 6 aromatic rings. The minimum Gasteiger partial charge on any atom is -0.465 e. The van der Waals surface area contributed by atoms with Crippen LogP contribution in [0.25, 0.3) is 22.5 Å². The van der Waals surface area contributed by atoms with Gasteiger partial charge in [0.05, 0.1) is 28.8 Å². The number of nitrogens with one attached hydrogen (secondary N) is 1. The molecule has 4 aromatic heterocycles. The second-order valence-electron chi connectivity index (χ2n) is 14.4. The lowest BCUT2D eigenvalue weighted by Crippen LogP contribution is -2.36. The molecule has 1 amide bonds. The molecule has 0 fully saturated rings. The van der Waals surface area contributed by atoms with Crippen molar-refractivity contribution < 1.29 is 44.3 Å². The van der Waals surface area contributed by atoms with E-state index in [1.165, 1.54) is 72.9 Å². The average molecular weight is 913 g/mol. The smallest absolute Gasteiger partial charge is 0.407 e. The van der Waals surface area contributed by atoms with Crippen molar-refractivity contribution in [2.45, 2.75) is 43.7 Å². The molecule has 0 aliphatic carbocycles. The number of rotatable bonds is 11. The van der Waals surface area contributed by atoms with Gasteiger partial charge in [0, 0.05) is 49.0 Å². The second kappa shape index (κ2) is 19.4. The predicted octanol–water partition coefficient (Wildman–Crippen LogP) is 7.54. The third-order valence-electron chi connectivity index (χ3n) is 8.75. The van der Waals surface area contributed by atoms with E-state index in [-0.39, 0.29) is 58.2 Å². The topological polar surface area (TPSA) is 204 Å². The third kappa shape index (κ3) is 9.96. The Bertz CT molecular complexity index is 2940. The van der Waals surface area contributed by atoms with Gasteiger partial charge in [-0.1, -0.05) is 45.0 Å². The first-order valence-corrected chi connectivity index (χ1v) is 20.8. The number of carboxylic acid groups (broad SMARTS) is 1. The molecule has 2 N–H and O–H groups in total. The summed E-state index contributed by atoms with van der Waals surface area (Å²) in [7, 11) is -7.37. The fourth-order valence-electron chi connectivity index (χ4n) is 6.17. The first-order chi connectivity index (χ1) is 28.8. The minimum absolute atomic E-state index is 0. The van der Waals surface area contributed by atoms with Crippen molar-refractivity contribution in [1.82, 2.24) is 28.1 Å². The predicted molar refractivity (Wildman–Crippen MR) is 221 cm³/mol. The number of pyridine rings is 2.